The lowest BCUT2D eigenvalue weighted by Gasteiger charge is -2.09. The van der Waals surface area contributed by atoms with Crippen molar-refractivity contribution in [3.63, 3.8) is 0 Å². The molecule has 1 N–H and O–H groups in total. The molecule has 0 fully saturated rings. The van der Waals surface area contributed by atoms with E-state index in [1.54, 1.807) is 38.1 Å². The number of amides is 1. The van der Waals surface area contributed by atoms with E-state index in [0.29, 0.717) is 22.9 Å². The van der Waals surface area contributed by atoms with Crippen LogP contribution in [-0.2, 0) is 11.3 Å². The summed E-state index contributed by atoms with van der Waals surface area (Å²) in [5, 5.41) is 17.9. The van der Waals surface area contributed by atoms with Crippen LogP contribution in [0.15, 0.2) is 54.6 Å². The zero-order chi connectivity index (χ0) is 19.4. The summed E-state index contributed by atoms with van der Waals surface area (Å²) in [6, 6.07) is 16.3. The second kappa shape index (κ2) is 7.69. The molecule has 1 amide bonds. The van der Waals surface area contributed by atoms with Crippen molar-refractivity contribution in [3.8, 4) is 11.5 Å². The van der Waals surface area contributed by atoms with Crippen molar-refractivity contribution < 1.29 is 14.5 Å². The molecule has 8 nitrogen and oxygen atoms in total. The van der Waals surface area contributed by atoms with Gasteiger partial charge in [0.25, 0.3) is 0 Å². The van der Waals surface area contributed by atoms with Crippen molar-refractivity contribution in [2.75, 3.05) is 5.32 Å². The van der Waals surface area contributed by atoms with Gasteiger partial charge in [-0.25, -0.2) is 0 Å². The molecule has 0 aliphatic rings. The predicted molar refractivity (Wildman–Crippen MR) is 99.9 cm³/mol. The molecular formula is C19H18N4O4. The number of para-hydroxylation sites is 1. The number of rotatable bonds is 6. The largest absolute Gasteiger partial charge is 0.457 e. The van der Waals surface area contributed by atoms with E-state index < -0.39 is 4.92 Å². The first kappa shape index (κ1) is 18.1. The molecule has 1 heterocycles. The SMILES string of the molecule is Cc1nn(CC(=O)Nc2cccc(Oc3ccccc3)c2)c(C)c1[N+](=O)[O-]. The van der Waals surface area contributed by atoms with Crippen molar-refractivity contribution in [1.82, 2.24) is 9.78 Å². The number of hydrogen-bond acceptors (Lipinski definition) is 5. The summed E-state index contributed by atoms with van der Waals surface area (Å²) in [7, 11) is 0. The Kier molecular flexibility index (Phi) is 5.16. The van der Waals surface area contributed by atoms with Crippen molar-refractivity contribution in [2.45, 2.75) is 20.4 Å². The predicted octanol–water partition coefficient (Wildman–Crippen LogP) is 3.84. The summed E-state index contributed by atoms with van der Waals surface area (Å²) in [4.78, 5) is 22.9. The van der Waals surface area contributed by atoms with Gasteiger partial charge in [0, 0.05) is 11.8 Å². The summed E-state index contributed by atoms with van der Waals surface area (Å²) >= 11 is 0. The van der Waals surface area contributed by atoms with Crippen LogP contribution in [0.1, 0.15) is 11.4 Å². The van der Waals surface area contributed by atoms with Crippen LogP contribution in [-0.4, -0.2) is 20.6 Å². The van der Waals surface area contributed by atoms with E-state index in [0.717, 1.165) is 0 Å². The summed E-state index contributed by atoms with van der Waals surface area (Å²) in [6.45, 7) is 2.99. The van der Waals surface area contributed by atoms with Gasteiger partial charge in [0.1, 0.15) is 29.4 Å². The number of ether oxygens (including phenoxy) is 1. The average molecular weight is 366 g/mol. The summed E-state index contributed by atoms with van der Waals surface area (Å²) < 4.78 is 7.07. The second-order valence-corrected chi connectivity index (χ2v) is 5.93. The van der Waals surface area contributed by atoms with Crippen LogP contribution in [0, 0.1) is 24.0 Å². The van der Waals surface area contributed by atoms with E-state index in [1.807, 2.05) is 30.3 Å². The van der Waals surface area contributed by atoms with Gasteiger partial charge in [0.15, 0.2) is 0 Å². The Morgan fingerprint density at radius 3 is 2.52 bits per heavy atom. The average Bonchev–Trinajstić information content (AvgIpc) is 2.89. The number of nitrogens with one attached hydrogen (secondary N) is 1. The molecule has 27 heavy (non-hydrogen) atoms. The molecule has 0 aliphatic carbocycles. The third kappa shape index (κ3) is 4.30. The monoisotopic (exact) mass is 366 g/mol. The molecule has 3 aromatic rings. The molecule has 0 radical (unpaired) electrons. The van der Waals surface area contributed by atoms with Crippen molar-refractivity contribution in [2.24, 2.45) is 0 Å². The molecule has 0 bridgehead atoms. The van der Waals surface area contributed by atoms with Gasteiger partial charge in [-0.2, -0.15) is 5.10 Å². The first-order valence-corrected chi connectivity index (χ1v) is 8.25. The van der Waals surface area contributed by atoms with Crippen LogP contribution in [0.5, 0.6) is 11.5 Å². The van der Waals surface area contributed by atoms with Gasteiger partial charge in [-0.1, -0.05) is 24.3 Å². The third-order valence-electron chi connectivity index (χ3n) is 3.92. The number of hydrogen-bond donors (Lipinski definition) is 1. The minimum Gasteiger partial charge on any atom is -0.457 e. The van der Waals surface area contributed by atoms with Crippen molar-refractivity contribution in [1.29, 1.82) is 0 Å². The Labute approximate surface area is 155 Å². The summed E-state index contributed by atoms with van der Waals surface area (Å²) in [5.41, 5.74) is 1.11. The fraction of sp³-hybridized carbons (Fsp3) is 0.158. The van der Waals surface area contributed by atoms with Gasteiger partial charge in [-0.15, -0.1) is 0 Å². The van der Waals surface area contributed by atoms with E-state index >= 15 is 0 Å². The Morgan fingerprint density at radius 2 is 1.85 bits per heavy atom. The highest BCUT2D eigenvalue weighted by molar-refractivity contribution is 5.90. The van der Waals surface area contributed by atoms with E-state index in [1.165, 1.54) is 4.68 Å². The lowest BCUT2D eigenvalue weighted by Crippen LogP contribution is -2.20. The van der Waals surface area contributed by atoms with Crippen LogP contribution in [0.4, 0.5) is 11.4 Å². The van der Waals surface area contributed by atoms with Crippen LogP contribution >= 0.6 is 0 Å². The van der Waals surface area contributed by atoms with E-state index in [4.69, 9.17) is 4.74 Å². The van der Waals surface area contributed by atoms with Gasteiger partial charge < -0.3 is 10.1 Å². The molecule has 8 heteroatoms. The maximum absolute atomic E-state index is 12.3. The number of nitrogens with zero attached hydrogens (tertiary/aromatic N) is 3. The normalized spacial score (nSPS) is 10.4. The summed E-state index contributed by atoms with van der Waals surface area (Å²) in [6.07, 6.45) is 0. The fourth-order valence-electron chi connectivity index (χ4n) is 2.70. The summed E-state index contributed by atoms with van der Waals surface area (Å²) in [5.74, 6) is 0.934. The second-order valence-electron chi connectivity index (χ2n) is 5.93. The van der Waals surface area contributed by atoms with E-state index in [2.05, 4.69) is 10.4 Å². The number of benzene rings is 2. The van der Waals surface area contributed by atoms with Crippen LogP contribution in [0.25, 0.3) is 0 Å². The molecular weight excluding hydrogens is 348 g/mol. The zero-order valence-electron chi connectivity index (χ0n) is 14.9. The highest BCUT2D eigenvalue weighted by Gasteiger charge is 2.22. The lowest BCUT2D eigenvalue weighted by atomic mass is 10.3. The van der Waals surface area contributed by atoms with Crippen molar-refractivity contribution in [3.05, 3.63) is 76.1 Å². The van der Waals surface area contributed by atoms with Gasteiger partial charge in [-0.05, 0) is 38.1 Å². The lowest BCUT2D eigenvalue weighted by molar-refractivity contribution is -0.386. The number of aryl methyl sites for hydroxylation is 1. The maximum Gasteiger partial charge on any atom is 0.312 e. The Bertz CT molecular complexity index is 983. The fourth-order valence-corrected chi connectivity index (χ4v) is 2.70. The van der Waals surface area contributed by atoms with Crippen molar-refractivity contribution >= 4 is 17.3 Å². The number of carbonyl (C=O) groups is 1. The van der Waals surface area contributed by atoms with Gasteiger partial charge in [-0.3, -0.25) is 19.6 Å². The molecule has 0 saturated carbocycles. The minimum atomic E-state index is -0.490. The number of anilines is 1. The molecule has 138 valence electrons. The molecule has 2 aromatic carbocycles. The number of nitro groups is 1. The van der Waals surface area contributed by atoms with Gasteiger partial charge in [0.05, 0.1) is 4.92 Å². The standard InChI is InChI=1S/C19H18N4O4/c1-13-19(23(25)26)14(2)22(21-13)12-18(24)20-15-7-6-10-17(11-15)27-16-8-4-3-5-9-16/h3-11H,12H2,1-2H3,(H,20,24). The Balaban J connectivity index is 1.69. The quantitative estimate of drug-likeness (QED) is 0.528. The van der Waals surface area contributed by atoms with Crippen LogP contribution in [0.2, 0.25) is 0 Å². The van der Waals surface area contributed by atoms with E-state index in [-0.39, 0.29) is 23.8 Å². The van der Waals surface area contributed by atoms with Crippen LogP contribution in [0.3, 0.4) is 0 Å². The molecule has 0 unspecified atom stereocenters. The van der Waals surface area contributed by atoms with Gasteiger partial charge in [0.2, 0.25) is 5.91 Å². The molecule has 0 saturated heterocycles. The molecule has 0 spiro atoms. The highest BCUT2D eigenvalue weighted by atomic mass is 16.6. The molecule has 0 atom stereocenters. The minimum absolute atomic E-state index is 0.0685. The van der Waals surface area contributed by atoms with Gasteiger partial charge >= 0.3 is 5.69 Å². The number of aromatic nitrogens is 2. The van der Waals surface area contributed by atoms with E-state index in [9.17, 15) is 14.9 Å². The maximum atomic E-state index is 12.3. The molecule has 3 rings (SSSR count). The molecule has 1 aromatic heterocycles. The number of carbonyl (C=O) groups excluding carboxylic acids is 1. The Morgan fingerprint density at radius 1 is 1.15 bits per heavy atom. The first-order chi connectivity index (χ1) is 12.9. The topological polar surface area (TPSA) is 99.3 Å². The van der Waals surface area contributed by atoms with Crippen LogP contribution < -0.4 is 10.1 Å². The Hall–Kier alpha value is -3.68. The zero-order valence-corrected chi connectivity index (χ0v) is 14.9. The first-order valence-electron chi connectivity index (χ1n) is 8.25. The smallest absolute Gasteiger partial charge is 0.312 e. The highest BCUT2D eigenvalue weighted by Crippen LogP contribution is 2.24. The third-order valence-corrected chi connectivity index (χ3v) is 3.92. The molecule has 0 aliphatic heterocycles.